The van der Waals surface area contributed by atoms with E-state index in [0.717, 1.165) is 25.7 Å². The third kappa shape index (κ3) is 3.35. The van der Waals surface area contributed by atoms with Crippen molar-refractivity contribution in [3.8, 4) is 0 Å². The molecule has 0 aliphatic heterocycles. The first-order chi connectivity index (χ1) is 9.04. The molecule has 1 aliphatic rings. The lowest BCUT2D eigenvalue weighted by Gasteiger charge is -2.25. The van der Waals surface area contributed by atoms with Crippen LogP contribution in [0.3, 0.4) is 0 Å². The van der Waals surface area contributed by atoms with Gasteiger partial charge in [-0.15, -0.1) is 0 Å². The lowest BCUT2D eigenvalue weighted by molar-refractivity contribution is -0.123. The lowest BCUT2D eigenvalue weighted by atomic mass is 9.87. The predicted molar refractivity (Wildman–Crippen MR) is 77.9 cm³/mol. The van der Waals surface area contributed by atoms with Gasteiger partial charge in [0.15, 0.2) is 0 Å². The predicted octanol–water partition coefficient (Wildman–Crippen LogP) is 2.04. The van der Waals surface area contributed by atoms with Gasteiger partial charge in [-0.1, -0.05) is 44.5 Å². The van der Waals surface area contributed by atoms with Gasteiger partial charge < -0.3 is 11.1 Å². The van der Waals surface area contributed by atoms with Crippen LogP contribution in [0.15, 0.2) is 24.3 Å². The molecule has 1 atom stereocenters. The van der Waals surface area contributed by atoms with E-state index in [2.05, 4.69) is 36.5 Å². The Morgan fingerprint density at radius 2 is 1.95 bits per heavy atom. The largest absolute Gasteiger partial charge is 0.354 e. The van der Waals surface area contributed by atoms with Crippen molar-refractivity contribution in [1.82, 2.24) is 5.32 Å². The highest BCUT2D eigenvalue weighted by Gasteiger charge is 2.33. The summed E-state index contributed by atoms with van der Waals surface area (Å²) in [5.41, 5.74) is 8.79. The second kappa shape index (κ2) is 5.74. The van der Waals surface area contributed by atoms with Gasteiger partial charge in [0, 0.05) is 6.54 Å². The maximum absolute atomic E-state index is 11.9. The third-order valence-corrected chi connectivity index (χ3v) is 3.98. The molecule has 104 valence electrons. The summed E-state index contributed by atoms with van der Waals surface area (Å²) in [5.74, 6) is -0.0148. The molecule has 0 fully saturated rings. The fourth-order valence-corrected chi connectivity index (χ4v) is 2.88. The standard InChI is InChI=1S/C16H24N2O/c1-3-6-14(17)15(19)18-11-16(2)9-12-7-4-5-8-13(12)10-16/h4-5,7-8,14H,3,6,9-11,17H2,1-2H3,(H,18,19). The molecular formula is C16H24N2O. The van der Waals surface area contributed by atoms with Crippen LogP contribution in [-0.4, -0.2) is 18.5 Å². The Hall–Kier alpha value is -1.35. The molecule has 0 spiro atoms. The van der Waals surface area contributed by atoms with Crippen molar-refractivity contribution < 1.29 is 4.79 Å². The minimum atomic E-state index is -0.364. The summed E-state index contributed by atoms with van der Waals surface area (Å²) in [6.07, 6.45) is 3.76. The zero-order valence-corrected chi connectivity index (χ0v) is 11.9. The van der Waals surface area contributed by atoms with Crippen molar-refractivity contribution in [3.05, 3.63) is 35.4 Å². The van der Waals surface area contributed by atoms with Crippen LogP contribution in [0.5, 0.6) is 0 Å². The number of carbonyl (C=O) groups excluding carboxylic acids is 1. The Morgan fingerprint density at radius 3 is 2.47 bits per heavy atom. The van der Waals surface area contributed by atoms with Crippen LogP contribution < -0.4 is 11.1 Å². The van der Waals surface area contributed by atoms with E-state index in [0.29, 0.717) is 6.54 Å². The van der Waals surface area contributed by atoms with Crippen molar-refractivity contribution in [2.75, 3.05) is 6.54 Å². The molecule has 1 aliphatic carbocycles. The molecule has 1 amide bonds. The van der Waals surface area contributed by atoms with Crippen LogP contribution in [-0.2, 0) is 17.6 Å². The number of fused-ring (bicyclic) bond motifs is 1. The summed E-state index contributed by atoms with van der Waals surface area (Å²) in [4.78, 5) is 11.9. The molecule has 1 aromatic rings. The van der Waals surface area contributed by atoms with Crippen LogP contribution in [0.4, 0.5) is 0 Å². The third-order valence-electron chi connectivity index (χ3n) is 3.98. The van der Waals surface area contributed by atoms with Crippen LogP contribution in [0.25, 0.3) is 0 Å². The zero-order chi connectivity index (χ0) is 13.9. The number of hydrogen-bond acceptors (Lipinski definition) is 2. The van der Waals surface area contributed by atoms with Gasteiger partial charge in [-0.2, -0.15) is 0 Å². The van der Waals surface area contributed by atoms with Crippen LogP contribution in [0, 0.1) is 5.41 Å². The smallest absolute Gasteiger partial charge is 0.236 e. The minimum absolute atomic E-state index is 0.0148. The van der Waals surface area contributed by atoms with Crippen molar-refractivity contribution in [1.29, 1.82) is 0 Å². The molecule has 2 rings (SSSR count). The summed E-state index contributed by atoms with van der Waals surface area (Å²) in [5, 5.41) is 3.02. The number of hydrogen-bond donors (Lipinski definition) is 2. The molecule has 0 bridgehead atoms. The van der Waals surface area contributed by atoms with E-state index in [-0.39, 0.29) is 17.4 Å². The second-order valence-electron chi connectivity index (χ2n) is 6.05. The van der Waals surface area contributed by atoms with Gasteiger partial charge in [0.25, 0.3) is 0 Å². The Kier molecular flexibility index (Phi) is 4.25. The highest BCUT2D eigenvalue weighted by molar-refractivity contribution is 5.81. The van der Waals surface area contributed by atoms with E-state index in [1.807, 2.05) is 6.92 Å². The van der Waals surface area contributed by atoms with Gasteiger partial charge in [-0.05, 0) is 35.8 Å². The van der Waals surface area contributed by atoms with E-state index < -0.39 is 0 Å². The maximum Gasteiger partial charge on any atom is 0.236 e. The zero-order valence-electron chi connectivity index (χ0n) is 11.9. The number of rotatable bonds is 5. The van der Waals surface area contributed by atoms with Gasteiger partial charge in [-0.3, -0.25) is 4.79 Å². The first-order valence-corrected chi connectivity index (χ1v) is 7.14. The Bertz CT molecular complexity index is 431. The number of nitrogens with one attached hydrogen (secondary N) is 1. The first-order valence-electron chi connectivity index (χ1n) is 7.14. The molecule has 3 N–H and O–H groups in total. The van der Waals surface area contributed by atoms with Crippen LogP contribution in [0.2, 0.25) is 0 Å². The highest BCUT2D eigenvalue weighted by atomic mass is 16.2. The Balaban J connectivity index is 1.89. The van der Waals surface area contributed by atoms with Crippen LogP contribution >= 0.6 is 0 Å². The molecule has 0 aromatic heterocycles. The van der Waals surface area contributed by atoms with E-state index in [1.165, 1.54) is 11.1 Å². The van der Waals surface area contributed by atoms with E-state index in [9.17, 15) is 4.79 Å². The highest BCUT2D eigenvalue weighted by Crippen LogP contribution is 2.35. The molecule has 0 saturated carbocycles. The molecule has 3 nitrogen and oxygen atoms in total. The summed E-state index contributed by atoms with van der Waals surface area (Å²) >= 11 is 0. The quantitative estimate of drug-likeness (QED) is 0.851. The van der Waals surface area contributed by atoms with E-state index in [1.54, 1.807) is 0 Å². The molecule has 0 radical (unpaired) electrons. The summed E-state index contributed by atoms with van der Waals surface area (Å²) < 4.78 is 0. The number of benzene rings is 1. The molecule has 0 heterocycles. The lowest BCUT2D eigenvalue weighted by Crippen LogP contribution is -2.44. The fraction of sp³-hybridized carbons (Fsp3) is 0.562. The van der Waals surface area contributed by atoms with Crippen LogP contribution in [0.1, 0.15) is 37.8 Å². The van der Waals surface area contributed by atoms with E-state index >= 15 is 0 Å². The van der Waals surface area contributed by atoms with Gasteiger partial charge in [0.2, 0.25) is 5.91 Å². The summed E-state index contributed by atoms with van der Waals surface area (Å²) in [6, 6.07) is 8.18. The van der Waals surface area contributed by atoms with Crippen molar-refractivity contribution in [2.45, 2.75) is 45.6 Å². The first kappa shape index (κ1) is 14.1. The van der Waals surface area contributed by atoms with Gasteiger partial charge >= 0.3 is 0 Å². The van der Waals surface area contributed by atoms with Crippen molar-refractivity contribution in [2.24, 2.45) is 11.1 Å². The Morgan fingerprint density at radius 1 is 1.37 bits per heavy atom. The summed E-state index contributed by atoms with van der Waals surface area (Å²) in [7, 11) is 0. The number of amides is 1. The molecule has 0 saturated heterocycles. The SMILES string of the molecule is CCCC(N)C(=O)NCC1(C)Cc2ccccc2C1. The van der Waals surface area contributed by atoms with Gasteiger partial charge in [0.05, 0.1) is 6.04 Å². The van der Waals surface area contributed by atoms with Crippen molar-refractivity contribution >= 4 is 5.91 Å². The second-order valence-corrected chi connectivity index (χ2v) is 6.05. The molecule has 19 heavy (non-hydrogen) atoms. The van der Waals surface area contributed by atoms with Crippen molar-refractivity contribution in [3.63, 3.8) is 0 Å². The fourth-order valence-electron chi connectivity index (χ4n) is 2.88. The van der Waals surface area contributed by atoms with Gasteiger partial charge in [0.1, 0.15) is 0 Å². The maximum atomic E-state index is 11.9. The van der Waals surface area contributed by atoms with E-state index in [4.69, 9.17) is 5.73 Å². The number of carbonyl (C=O) groups is 1. The van der Waals surface area contributed by atoms with Gasteiger partial charge in [-0.25, -0.2) is 0 Å². The number of nitrogens with two attached hydrogens (primary N) is 1. The molecular weight excluding hydrogens is 236 g/mol. The molecule has 1 aromatic carbocycles. The Labute approximate surface area is 115 Å². The molecule has 3 heteroatoms. The monoisotopic (exact) mass is 260 g/mol. The normalized spacial score (nSPS) is 17.8. The minimum Gasteiger partial charge on any atom is -0.354 e. The topological polar surface area (TPSA) is 55.1 Å². The molecule has 1 unspecified atom stereocenters. The average molecular weight is 260 g/mol. The summed E-state index contributed by atoms with van der Waals surface area (Å²) in [6.45, 7) is 4.98. The average Bonchev–Trinajstić information content (AvgIpc) is 2.73.